The molecule has 1 nitrogen and oxygen atoms in total. The average molecular weight is 269 g/mol. The lowest BCUT2D eigenvalue weighted by molar-refractivity contribution is 0.111. The van der Waals surface area contributed by atoms with Crippen molar-refractivity contribution in [2.45, 2.75) is 54.1 Å². The van der Waals surface area contributed by atoms with E-state index in [4.69, 9.17) is 11.6 Å². The van der Waals surface area contributed by atoms with Crippen molar-refractivity contribution in [1.29, 1.82) is 0 Å². The standard InChI is InChI=1S/C16H25ClO/c1-10-7-13(14(17)8-11(10)2)15(18)9-12(3)16(4,5)6/h7-8,12,15,18H,9H2,1-6H3. The Morgan fingerprint density at radius 3 is 2.17 bits per heavy atom. The van der Waals surface area contributed by atoms with Crippen LogP contribution in [0.2, 0.25) is 5.02 Å². The van der Waals surface area contributed by atoms with E-state index in [2.05, 4.69) is 34.6 Å². The summed E-state index contributed by atoms with van der Waals surface area (Å²) < 4.78 is 0. The van der Waals surface area contributed by atoms with E-state index in [-0.39, 0.29) is 5.41 Å². The molecule has 0 fully saturated rings. The summed E-state index contributed by atoms with van der Waals surface area (Å²) in [6.07, 6.45) is 0.261. The highest BCUT2D eigenvalue weighted by Crippen LogP contribution is 2.35. The summed E-state index contributed by atoms with van der Waals surface area (Å²) in [5.41, 5.74) is 3.40. The van der Waals surface area contributed by atoms with Crippen molar-refractivity contribution in [1.82, 2.24) is 0 Å². The third kappa shape index (κ3) is 3.73. The zero-order valence-electron chi connectivity index (χ0n) is 12.3. The molecule has 102 valence electrons. The Morgan fingerprint density at radius 1 is 1.17 bits per heavy atom. The van der Waals surface area contributed by atoms with Crippen LogP contribution in [0.3, 0.4) is 0 Å². The van der Waals surface area contributed by atoms with Crippen LogP contribution in [0.25, 0.3) is 0 Å². The van der Waals surface area contributed by atoms with Crippen LogP contribution in [0.15, 0.2) is 12.1 Å². The summed E-state index contributed by atoms with van der Waals surface area (Å²) in [7, 11) is 0. The molecule has 18 heavy (non-hydrogen) atoms. The summed E-state index contributed by atoms with van der Waals surface area (Å²) in [6.45, 7) is 12.9. The van der Waals surface area contributed by atoms with Gasteiger partial charge in [0, 0.05) is 5.02 Å². The largest absolute Gasteiger partial charge is 0.388 e. The van der Waals surface area contributed by atoms with Gasteiger partial charge in [0.05, 0.1) is 6.10 Å². The predicted octanol–water partition coefficient (Wildman–Crippen LogP) is 5.06. The van der Waals surface area contributed by atoms with Gasteiger partial charge in [0.2, 0.25) is 0 Å². The maximum absolute atomic E-state index is 10.4. The molecule has 0 heterocycles. The van der Waals surface area contributed by atoms with Gasteiger partial charge in [0.1, 0.15) is 0 Å². The molecule has 0 saturated heterocycles. The monoisotopic (exact) mass is 268 g/mol. The molecule has 0 radical (unpaired) electrons. The second-order valence-electron chi connectivity index (χ2n) is 6.48. The zero-order chi connectivity index (χ0) is 14.1. The van der Waals surface area contributed by atoms with Gasteiger partial charge >= 0.3 is 0 Å². The maximum Gasteiger partial charge on any atom is 0.0807 e. The number of hydrogen-bond donors (Lipinski definition) is 1. The Hall–Kier alpha value is -0.530. The van der Waals surface area contributed by atoms with Crippen LogP contribution in [0.5, 0.6) is 0 Å². The highest BCUT2D eigenvalue weighted by molar-refractivity contribution is 6.31. The Kier molecular flexibility index (Phi) is 4.85. The van der Waals surface area contributed by atoms with Crippen molar-refractivity contribution in [2.24, 2.45) is 11.3 Å². The highest BCUT2D eigenvalue weighted by Gasteiger charge is 2.24. The molecule has 2 unspecified atom stereocenters. The summed E-state index contributed by atoms with van der Waals surface area (Å²) in [5, 5.41) is 11.0. The lowest BCUT2D eigenvalue weighted by atomic mass is 9.78. The minimum absolute atomic E-state index is 0.202. The number of halogens is 1. The second-order valence-corrected chi connectivity index (χ2v) is 6.88. The van der Waals surface area contributed by atoms with Gasteiger partial charge in [-0.25, -0.2) is 0 Å². The summed E-state index contributed by atoms with van der Waals surface area (Å²) in [5.74, 6) is 0.435. The lowest BCUT2D eigenvalue weighted by Crippen LogP contribution is -2.20. The zero-order valence-corrected chi connectivity index (χ0v) is 13.1. The van der Waals surface area contributed by atoms with E-state index in [1.807, 2.05) is 19.1 Å². The first-order valence-corrected chi connectivity index (χ1v) is 6.95. The molecule has 2 atom stereocenters. The van der Waals surface area contributed by atoms with Gasteiger partial charge < -0.3 is 5.11 Å². The number of benzene rings is 1. The lowest BCUT2D eigenvalue weighted by Gasteiger charge is -2.29. The van der Waals surface area contributed by atoms with Crippen LogP contribution in [-0.4, -0.2) is 5.11 Å². The molecule has 1 aromatic rings. The Labute approximate surface area is 116 Å². The van der Waals surface area contributed by atoms with Crippen molar-refractivity contribution in [3.05, 3.63) is 33.8 Å². The topological polar surface area (TPSA) is 20.2 Å². The van der Waals surface area contributed by atoms with Crippen LogP contribution in [0.4, 0.5) is 0 Å². The molecule has 1 aromatic carbocycles. The predicted molar refractivity (Wildman–Crippen MR) is 79.1 cm³/mol. The van der Waals surface area contributed by atoms with E-state index in [9.17, 15) is 5.11 Å². The van der Waals surface area contributed by atoms with Gasteiger partial charge in [-0.15, -0.1) is 0 Å². The van der Waals surface area contributed by atoms with Gasteiger partial charge in [-0.1, -0.05) is 45.4 Å². The van der Waals surface area contributed by atoms with Gasteiger partial charge in [-0.2, -0.15) is 0 Å². The van der Waals surface area contributed by atoms with Crippen LogP contribution < -0.4 is 0 Å². The Morgan fingerprint density at radius 2 is 1.67 bits per heavy atom. The number of aliphatic hydroxyl groups is 1. The fourth-order valence-electron chi connectivity index (χ4n) is 1.87. The van der Waals surface area contributed by atoms with E-state index in [0.717, 1.165) is 12.0 Å². The van der Waals surface area contributed by atoms with Gasteiger partial charge in [0.25, 0.3) is 0 Å². The van der Waals surface area contributed by atoms with Crippen molar-refractivity contribution in [2.75, 3.05) is 0 Å². The van der Waals surface area contributed by atoms with E-state index in [0.29, 0.717) is 10.9 Å². The third-order valence-corrected chi connectivity index (χ3v) is 4.35. The first-order chi connectivity index (χ1) is 8.12. The molecule has 0 amide bonds. The number of hydrogen-bond acceptors (Lipinski definition) is 1. The molecule has 0 aromatic heterocycles. The van der Waals surface area contributed by atoms with Crippen molar-refractivity contribution < 1.29 is 5.11 Å². The third-order valence-electron chi connectivity index (χ3n) is 4.03. The van der Waals surface area contributed by atoms with E-state index >= 15 is 0 Å². The first-order valence-electron chi connectivity index (χ1n) is 6.57. The number of rotatable bonds is 3. The van der Waals surface area contributed by atoms with Crippen LogP contribution in [0.1, 0.15) is 56.9 Å². The van der Waals surface area contributed by atoms with Crippen LogP contribution >= 0.6 is 11.6 Å². The molecular weight excluding hydrogens is 244 g/mol. The van der Waals surface area contributed by atoms with Gasteiger partial charge in [-0.05, 0) is 54.4 Å². The molecule has 2 heteroatoms. The second kappa shape index (κ2) is 5.63. The SMILES string of the molecule is Cc1cc(Cl)c(C(O)CC(C)C(C)(C)C)cc1C. The normalized spacial score (nSPS) is 15.6. The Bertz CT molecular complexity index is 418. The average Bonchev–Trinajstić information content (AvgIpc) is 2.21. The quantitative estimate of drug-likeness (QED) is 0.812. The molecule has 0 aliphatic heterocycles. The van der Waals surface area contributed by atoms with Crippen LogP contribution in [0, 0.1) is 25.2 Å². The van der Waals surface area contributed by atoms with E-state index < -0.39 is 6.10 Å². The van der Waals surface area contributed by atoms with Crippen molar-refractivity contribution in [3.8, 4) is 0 Å². The molecule has 0 saturated carbocycles. The smallest absolute Gasteiger partial charge is 0.0807 e. The Balaban J connectivity index is 2.91. The minimum Gasteiger partial charge on any atom is -0.388 e. The number of aryl methyl sites for hydroxylation is 2. The van der Waals surface area contributed by atoms with Crippen molar-refractivity contribution in [3.63, 3.8) is 0 Å². The summed E-state index contributed by atoms with van der Waals surface area (Å²) >= 11 is 6.23. The van der Waals surface area contributed by atoms with Crippen LogP contribution in [-0.2, 0) is 0 Å². The molecule has 0 spiro atoms. The fraction of sp³-hybridized carbons (Fsp3) is 0.625. The molecule has 0 aliphatic carbocycles. The van der Waals surface area contributed by atoms with Gasteiger partial charge in [0.15, 0.2) is 0 Å². The van der Waals surface area contributed by atoms with E-state index in [1.54, 1.807) is 0 Å². The highest BCUT2D eigenvalue weighted by atomic mass is 35.5. The van der Waals surface area contributed by atoms with Crippen molar-refractivity contribution >= 4 is 11.6 Å². The molecule has 0 bridgehead atoms. The first kappa shape index (κ1) is 15.5. The maximum atomic E-state index is 10.4. The van der Waals surface area contributed by atoms with E-state index in [1.165, 1.54) is 11.1 Å². The molecular formula is C16H25ClO. The molecule has 1 N–H and O–H groups in total. The van der Waals surface area contributed by atoms with Gasteiger partial charge in [-0.3, -0.25) is 0 Å². The fourth-order valence-corrected chi connectivity index (χ4v) is 2.22. The summed E-state index contributed by atoms with van der Waals surface area (Å²) in [4.78, 5) is 0. The molecule has 1 rings (SSSR count). The summed E-state index contributed by atoms with van der Waals surface area (Å²) in [6, 6.07) is 3.95. The number of aliphatic hydroxyl groups excluding tert-OH is 1. The minimum atomic E-state index is -0.481. The molecule has 0 aliphatic rings.